The number of carboxylic acid groups (broad SMARTS) is 1. The van der Waals surface area contributed by atoms with Crippen LogP contribution >= 0.6 is 0 Å². The predicted molar refractivity (Wildman–Crippen MR) is 143 cm³/mol. The Morgan fingerprint density at radius 1 is 0.972 bits per heavy atom. The number of phenols is 1. The number of carboxylic acids is 1. The molecule has 2 unspecified atom stereocenters. The van der Waals surface area contributed by atoms with Gasteiger partial charge in [0.25, 0.3) is 0 Å². The fourth-order valence-corrected chi connectivity index (χ4v) is 5.35. The minimum absolute atomic E-state index is 0.222. The Morgan fingerprint density at radius 3 is 2.33 bits per heavy atom. The van der Waals surface area contributed by atoms with Crippen LogP contribution in [0, 0.1) is 0 Å². The van der Waals surface area contributed by atoms with E-state index in [1.807, 2.05) is 12.1 Å². The molecule has 1 aliphatic heterocycles. The van der Waals surface area contributed by atoms with E-state index in [-0.39, 0.29) is 12.3 Å². The predicted octanol–water partition coefficient (Wildman–Crippen LogP) is 6.21. The van der Waals surface area contributed by atoms with Crippen molar-refractivity contribution in [3.8, 4) is 11.5 Å². The summed E-state index contributed by atoms with van der Waals surface area (Å²) in [6.45, 7) is 5.77. The first-order valence-corrected chi connectivity index (χ1v) is 13.1. The molecule has 3 aromatic carbocycles. The van der Waals surface area contributed by atoms with E-state index >= 15 is 0 Å². The number of aliphatic carboxylic acids is 1. The van der Waals surface area contributed by atoms with Gasteiger partial charge in [-0.1, -0.05) is 55.5 Å². The highest BCUT2D eigenvalue weighted by Crippen LogP contribution is 2.47. The number of phenolic OH excluding ortho intramolecular Hbond substituents is 1. The van der Waals surface area contributed by atoms with Crippen LogP contribution in [0.1, 0.15) is 66.7 Å². The van der Waals surface area contributed by atoms with Crippen LogP contribution in [0.15, 0.2) is 72.8 Å². The average molecular weight is 488 g/mol. The highest BCUT2D eigenvalue weighted by Gasteiger charge is 2.32. The van der Waals surface area contributed by atoms with Gasteiger partial charge in [-0.05, 0) is 91.2 Å². The summed E-state index contributed by atoms with van der Waals surface area (Å²) in [7, 11) is 0. The third-order valence-electron chi connectivity index (χ3n) is 7.23. The molecule has 190 valence electrons. The highest BCUT2D eigenvalue weighted by molar-refractivity contribution is 5.66. The fourth-order valence-electron chi connectivity index (χ4n) is 5.35. The molecule has 1 fully saturated rings. The molecule has 0 bridgehead atoms. The van der Waals surface area contributed by atoms with Crippen molar-refractivity contribution >= 4 is 5.97 Å². The molecular weight excluding hydrogens is 450 g/mol. The van der Waals surface area contributed by atoms with Crippen LogP contribution in [0.4, 0.5) is 0 Å². The number of nitrogens with zero attached hydrogens (tertiary/aromatic N) is 1. The number of benzene rings is 3. The third kappa shape index (κ3) is 6.67. The van der Waals surface area contributed by atoms with Crippen LogP contribution in [0.5, 0.6) is 11.5 Å². The first-order valence-electron chi connectivity index (χ1n) is 13.1. The van der Waals surface area contributed by atoms with Crippen molar-refractivity contribution < 1.29 is 19.7 Å². The van der Waals surface area contributed by atoms with E-state index in [1.165, 1.54) is 48.2 Å². The first kappa shape index (κ1) is 25.8. The second-order valence-corrected chi connectivity index (χ2v) is 9.63. The van der Waals surface area contributed by atoms with Gasteiger partial charge in [-0.25, -0.2) is 0 Å². The van der Waals surface area contributed by atoms with Crippen LogP contribution in [-0.4, -0.2) is 47.3 Å². The lowest BCUT2D eigenvalue weighted by atomic mass is 9.69. The minimum atomic E-state index is -0.745. The lowest BCUT2D eigenvalue weighted by Crippen LogP contribution is -2.25. The van der Waals surface area contributed by atoms with Gasteiger partial charge in [-0.15, -0.1) is 0 Å². The summed E-state index contributed by atoms with van der Waals surface area (Å²) in [6.07, 6.45) is 4.94. The van der Waals surface area contributed by atoms with Crippen LogP contribution in [0.25, 0.3) is 0 Å². The molecule has 1 heterocycles. The summed E-state index contributed by atoms with van der Waals surface area (Å²) in [6, 6.07) is 25.4. The summed E-state index contributed by atoms with van der Waals surface area (Å²) < 4.78 is 6.03. The van der Waals surface area contributed by atoms with Gasteiger partial charge in [0.15, 0.2) is 0 Å². The molecular formula is C31H37NO4. The molecule has 0 saturated carbocycles. The van der Waals surface area contributed by atoms with Gasteiger partial charge in [0, 0.05) is 18.9 Å². The molecule has 5 heteroatoms. The molecule has 0 spiro atoms. The maximum Gasteiger partial charge on any atom is 0.303 e. The van der Waals surface area contributed by atoms with E-state index in [2.05, 4.69) is 65.6 Å². The maximum atomic E-state index is 10.0. The molecule has 1 aliphatic carbocycles. The quantitative estimate of drug-likeness (QED) is 0.415. The Morgan fingerprint density at radius 2 is 1.67 bits per heavy atom. The molecule has 0 amide bonds. The molecule has 0 aromatic heterocycles. The Labute approximate surface area is 214 Å². The van der Waals surface area contributed by atoms with Crippen molar-refractivity contribution in [1.82, 2.24) is 4.90 Å². The topological polar surface area (TPSA) is 70.0 Å². The average Bonchev–Trinajstić information content (AvgIpc) is 3.43. The zero-order chi connectivity index (χ0) is 25.3. The van der Waals surface area contributed by atoms with Crippen molar-refractivity contribution in [2.24, 2.45) is 0 Å². The summed E-state index contributed by atoms with van der Waals surface area (Å²) in [5.74, 6) is 1.27. The first-order chi connectivity index (χ1) is 17.5. The summed E-state index contributed by atoms with van der Waals surface area (Å²) in [4.78, 5) is 11.8. The smallest absolute Gasteiger partial charge is 0.303 e. The van der Waals surface area contributed by atoms with E-state index in [0.29, 0.717) is 11.7 Å². The molecule has 5 rings (SSSR count). The van der Waals surface area contributed by atoms with E-state index < -0.39 is 5.97 Å². The standard InChI is InChI=1S/C28H31NO2.C3H6O2/c30-24-11-15-27-23(20-24)10-14-26(21-6-2-1-3-7-21)28(27)22-8-12-25(13-9-22)31-19-18-29-16-4-5-17-29;1-2-3(4)5/h1-3,6-9,11-13,15,20,26,28,30H,4-5,10,14,16-19H2;2H2,1H3,(H,4,5). The van der Waals surface area contributed by atoms with E-state index in [9.17, 15) is 9.90 Å². The molecule has 3 aromatic rings. The summed E-state index contributed by atoms with van der Waals surface area (Å²) >= 11 is 0. The monoisotopic (exact) mass is 487 g/mol. The summed E-state index contributed by atoms with van der Waals surface area (Å²) in [5.41, 5.74) is 5.30. The van der Waals surface area contributed by atoms with Crippen molar-refractivity contribution in [3.63, 3.8) is 0 Å². The second kappa shape index (κ2) is 12.6. The number of hydrogen-bond donors (Lipinski definition) is 2. The third-order valence-corrected chi connectivity index (χ3v) is 7.23. The number of ether oxygens (including phenoxy) is 1. The highest BCUT2D eigenvalue weighted by atomic mass is 16.5. The number of rotatable bonds is 7. The molecule has 0 radical (unpaired) electrons. The Kier molecular flexibility index (Phi) is 9.01. The normalized spacial score (nSPS) is 19.1. The SMILES string of the molecule is CCC(=O)O.Oc1ccc2c(c1)CCC(c1ccccc1)C2c1ccc(OCCN2CCCC2)cc1. The van der Waals surface area contributed by atoms with Gasteiger partial charge in [0.2, 0.25) is 0 Å². The number of aromatic hydroxyl groups is 1. The van der Waals surface area contributed by atoms with Gasteiger partial charge >= 0.3 is 5.97 Å². The molecule has 1 saturated heterocycles. The lowest BCUT2D eigenvalue weighted by molar-refractivity contribution is -0.136. The number of carbonyl (C=O) groups is 1. The van der Waals surface area contributed by atoms with Crippen LogP contribution in [0.2, 0.25) is 0 Å². The fraction of sp³-hybridized carbons (Fsp3) is 0.387. The van der Waals surface area contributed by atoms with E-state index in [1.54, 1.807) is 6.92 Å². The van der Waals surface area contributed by atoms with Gasteiger partial charge in [-0.3, -0.25) is 9.69 Å². The van der Waals surface area contributed by atoms with Crippen LogP contribution in [0.3, 0.4) is 0 Å². The zero-order valence-electron chi connectivity index (χ0n) is 21.1. The molecule has 36 heavy (non-hydrogen) atoms. The summed E-state index contributed by atoms with van der Waals surface area (Å²) in [5, 5.41) is 17.7. The van der Waals surface area contributed by atoms with Crippen molar-refractivity contribution in [3.05, 3.63) is 95.1 Å². The van der Waals surface area contributed by atoms with Gasteiger partial charge in [-0.2, -0.15) is 0 Å². The van der Waals surface area contributed by atoms with Crippen molar-refractivity contribution in [2.45, 2.75) is 50.9 Å². The van der Waals surface area contributed by atoms with Gasteiger partial charge in [0.05, 0.1) is 0 Å². The number of likely N-dealkylation sites (tertiary alicyclic amines) is 1. The Bertz CT molecular complexity index is 1110. The molecule has 5 nitrogen and oxygen atoms in total. The van der Waals surface area contributed by atoms with E-state index in [0.717, 1.165) is 31.7 Å². The molecule has 2 atom stereocenters. The van der Waals surface area contributed by atoms with Gasteiger partial charge in [0.1, 0.15) is 18.1 Å². The van der Waals surface area contributed by atoms with E-state index in [4.69, 9.17) is 9.84 Å². The minimum Gasteiger partial charge on any atom is -0.508 e. The van der Waals surface area contributed by atoms with Crippen LogP contribution in [-0.2, 0) is 11.2 Å². The lowest BCUT2D eigenvalue weighted by Gasteiger charge is -2.35. The molecule has 2 aliphatic rings. The Hall–Kier alpha value is -3.31. The van der Waals surface area contributed by atoms with Crippen molar-refractivity contribution in [1.29, 1.82) is 0 Å². The van der Waals surface area contributed by atoms with Gasteiger partial charge < -0.3 is 14.9 Å². The van der Waals surface area contributed by atoms with Crippen LogP contribution < -0.4 is 4.74 Å². The number of fused-ring (bicyclic) bond motifs is 1. The van der Waals surface area contributed by atoms with Crippen molar-refractivity contribution in [2.75, 3.05) is 26.2 Å². The number of hydrogen-bond acceptors (Lipinski definition) is 4. The second-order valence-electron chi connectivity index (χ2n) is 9.63. The molecule has 2 N–H and O–H groups in total. The maximum absolute atomic E-state index is 10.0. The zero-order valence-corrected chi connectivity index (χ0v) is 21.1. The number of aryl methyl sites for hydroxylation is 1. The Balaban J connectivity index is 0.000000556. The largest absolute Gasteiger partial charge is 0.508 e.